The molecule has 0 amide bonds. The number of rotatable bonds is 3. The Balaban J connectivity index is 2.01. The topological polar surface area (TPSA) is 135 Å². The Bertz CT molecular complexity index is 1430. The number of hydrogen-bond donors (Lipinski definition) is 2. The van der Waals surface area contributed by atoms with E-state index in [1.165, 1.54) is 35.7 Å². The lowest BCUT2D eigenvalue weighted by atomic mass is 10.1. The number of hydrogen-bond acceptors (Lipinski definition) is 8. The van der Waals surface area contributed by atoms with Crippen molar-refractivity contribution >= 4 is 63.3 Å². The van der Waals surface area contributed by atoms with Gasteiger partial charge in [-0.05, 0) is 43.7 Å². The molecule has 4 rings (SSSR count). The van der Waals surface area contributed by atoms with Crippen LogP contribution in [0.4, 0.5) is 0 Å². The van der Waals surface area contributed by atoms with Crippen LogP contribution >= 0.6 is 22.7 Å². The van der Waals surface area contributed by atoms with Crippen LogP contribution in [0.3, 0.4) is 0 Å². The zero-order valence-electron chi connectivity index (χ0n) is 14.4. The molecule has 2 N–H and O–H groups in total. The van der Waals surface area contributed by atoms with Crippen molar-refractivity contribution in [3.05, 3.63) is 34.8 Å². The highest BCUT2D eigenvalue weighted by atomic mass is 32.2. The molecule has 0 saturated carbocycles. The minimum atomic E-state index is -4.77. The van der Waals surface area contributed by atoms with Gasteiger partial charge in [0.05, 0.1) is 30.3 Å². The summed E-state index contributed by atoms with van der Waals surface area (Å²) in [5.41, 5.74) is 1.62. The predicted molar refractivity (Wildman–Crippen MR) is 107 cm³/mol. The van der Waals surface area contributed by atoms with Crippen molar-refractivity contribution in [3.63, 3.8) is 0 Å². The third-order valence-electron chi connectivity index (χ3n) is 4.07. The highest BCUT2D eigenvalue weighted by Crippen LogP contribution is 2.38. The van der Waals surface area contributed by atoms with Gasteiger partial charge in [-0.25, -0.2) is 9.97 Å². The van der Waals surface area contributed by atoms with E-state index in [0.29, 0.717) is 10.5 Å². The van der Waals surface area contributed by atoms with Gasteiger partial charge in [0.2, 0.25) is 0 Å². The van der Waals surface area contributed by atoms with Crippen molar-refractivity contribution in [1.29, 1.82) is 0 Å². The molecule has 146 valence electrons. The van der Waals surface area contributed by atoms with E-state index in [4.69, 9.17) is 0 Å². The summed E-state index contributed by atoms with van der Waals surface area (Å²) < 4.78 is 67.4. The van der Waals surface area contributed by atoms with Gasteiger partial charge in [-0.3, -0.25) is 9.11 Å². The van der Waals surface area contributed by atoms with E-state index < -0.39 is 30.0 Å². The van der Waals surface area contributed by atoms with Crippen LogP contribution in [0.15, 0.2) is 34.1 Å². The maximum atomic E-state index is 11.9. The van der Waals surface area contributed by atoms with E-state index in [0.717, 1.165) is 26.0 Å². The minimum absolute atomic E-state index is 0.0566. The van der Waals surface area contributed by atoms with Gasteiger partial charge in [-0.2, -0.15) is 16.8 Å². The number of thiazole rings is 2. The first kappa shape index (κ1) is 19.4. The van der Waals surface area contributed by atoms with Crippen LogP contribution < -0.4 is 0 Å². The molecular weight excluding hydrogens is 444 g/mol. The quantitative estimate of drug-likeness (QED) is 0.446. The number of aromatic nitrogens is 2. The summed E-state index contributed by atoms with van der Waals surface area (Å²) in [5, 5.41) is 1.21. The Hall–Kier alpha value is -1.96. The number of aryl methyl sites for hydroxylation is 2. The van der Waals surface area contributed by atoms with E-state index in [2.05, 4.69) is 9.97 Å². The van der Waals surface area contributed by atoms with Crippen molar-refractivity contribution in [2.45, 2.75) is 23.6 Å². The summed E-state index contributed by atoms with van der Waals surface area (Å²) >= 11 is 2.70. The molecule has 4 aromatic rings. The summed E-state index contributed by atoms with van der Waals surface area (Å²) in [7, 11) is -9.43. The third-order valence-corrected chi connectivity index (χ3v) is 7.94. The first-order chi connectivity index (χ1) is 12.9. The summed E-state index contributed by atoms with van der Waals surface area (Å²) in [5.74, 6) is 0. The first-order valence-corrected chi connectivity index (χ1v) is 12.2. The van der Waals surface area contributed by atoms with Crippen LogP contribution in [-0.2, 0) is 20.2 Å². The first-order valence-electron chi connectivity index (χ1n) is 7.71. The Labute approximate surface area is 168 Å². The van der Waals surface area contributed by atoms with Gasteiger partial charge in [-0.1, -0.05) is 0 Å². The van der Waals surface area contributed by atoms with Gasteiger partial charge in [0.1, 0.15) is 9.90 Å². The third kappa shape index (κ3) is 3.32. The largest absolute Gasteiger partial charge is 0.295 e. The van der Waals surface area contributed by atoms with Gasteiger partial charge in [0, 0.05) is 5.56 Å². The Kier molecular flexibility index (Phi) is 4.34. The maximum Gasteiger partial charge on any atom is 0.295 e. The molecule has 0 bridgehead atoms. The summed E-state index contributed by atoms with van der Waals surface area (Å²) in [6.45, 7) is 3.31. The van der Waals surface area contributed by atoms with Crippen LogP contribution in [0.5, 0.6) is 0 Å². The second-order valence-corrected chi connectivity index (χ2v) is 11.1. The van der Waals surface area contributed by atoms with Gasteiger partial charge >= 0.3 is 0 Å². The molecule has 0 aliphatic heterocycles. The fraction of sp³-hybridized carbons (Fsp3) is 0.125. The molecule has 0 aliphatic rings. The minimum Gasteiger partial charge on any atom is -0.282 e. The SMILES string of the molecule is Cc1nc2cc3sc(-c4cc(C)c(S(=O)(=O)O)cc4S(=O)(=O)O)nc3cc2s1. The zero-order valence-corrected chi connectivity index (χ0v) is 17.6. The molecule has 0 radical (unpaired) electrons. The van der Waals surface area contributed by atoms with E-state index in [1.54, 1.807) is 0 Å². The average molecular weight is 457 g/mol. The van der Waals surface area contributed by atoms with E-state index in [9.17, 15) is 25.9 Å². The number of fused-ring (bicyclic) bond motifs is 2. The predicted octanol–water partition coefficient (Wildman–Crippen LogP) is 3.68. The van der Waals surface area contributed by atoms with Crippen LogP contribution in [-0.4, -0.2) is 35.9 Å². The Morgan fingerprint density at radius 1 is 0.786 bits per heavy atom. The molecule has 0 saturated heterocycles. The fourth-order valence-corrected chi connectivity index (χ4v) is 6.33. The maximum absolute atomic E-state index is 11.9. The highest BCUT2D eigenvalue weighted by Gasteiger charge is 2.25. The van der Waals surface area contributed by atoms with Crippen molar-refractivity contribution in [1.82, 2.24) is 9.97 Å². The molecule has 12 heteroatoms. The molecule has 28 heavy (non-hydrogen) atoms. The molecule has 0 unspecified atom stereocenters. The molecule has 2 aromatic heterocycles. The summed E-state index contributed by atoms with van der Waals surface area (Å²) in [6, 6.07) is 5.71. The van der Waals surface area contributed by atoms with Crippen LogP contribution in [0, 0.1) is 13.8 Å². The second kappa shape index (κ2) is 6.27. The molecule has 2 aromatic carbocycles. The number of benzene rings is 2. The lowest BCUT2D eigenvalue weighted by Crippen LogP contribution is -2.07. The summed E-state index contributed by atoms with van der Waals surface area (Å²) in [6.07, 6.45) is 0. The van der Waals surface area contributed by atoms with Crippen molar-refractivity contribution in [3.8, 4) is 10.6 Å². The smallest absolute Gasteiger partial charge is 0.282 e. The summed E-state index contributed by atoms with van der Waals surface area (Å²) in [4.78, 5) is 7.65. The molecule has 0 fully saturated rings. The zero-order chi connectivity index (χ0) is 20.4. The molecule has 2 heterocycles. The Morgan fingerprint density at radius 3 is 1.96 bits per heavy atom. The van der Waals surface area contributed by atoms with Crippen molar-refractivity contribution < 1.29 is 25.9 Å². The van der Waals surface area contributed by atoms with Crippen LogP contribution in [0.1, 0.15) is 10.6 Å². The highest BCUT2D eigenvalue weighted by molar-refractivity contribution is 7.86. The van der Waals surface area contributed by atoms with E-state index >= 15 is 0 Å². The number of nitrogens with zero attached hydrogens (tertiary/aromatic N) is 2. The lowest BCUT2D eigenvalue weighted by molar-refractivity contribution is 0.481. The fourth-order valence-electron chi connectivity index (χ4n) is 2.91. The molecule has 8 nitrogen and oxygen atoms in total. The molecule has 0 atom stereocenters. The standard InChI is InChI=1S/C16H12N2O6S4/c1-7-3-9(15(28(22,23)24)6-14(7)27(19,20)21)16-18-11-5-12-10(4-13(11)26-16)17-8(2)25-12/h3-6H,1-2H3,(H,19,20,21)(H,22,23,24). The second-order valence-electron chi connectivity index (χ2n) is 6.10. The van der Waals surface area contributed by atoms with E-state index in [-0.39, 0.29) is 11.1 Å². The van der Waals surface area contributed by atoms with E-state index in [1.807, 2.05) is 19.1 Å². The van der Waals surface area contributed by atoms with Crippen LogP contribution in [0.25, 0.3) is 31.0 Å². The van der Waals surface area contributed by atoms with Gasteiger partial charge in [0.25, 0.3) is 20.2 Å². The lowest BCUT2D eigenvalue weighted by Gasteiger charge is -2.09. The van der Waals surface area contributed by atoms with Gasteiger partial charge in [-0.15, -0.1) is 22.7 Å². The Morgan fingerprint density at radius 2 is 1.36 bits per heavy atom. The normalized spacial score (nSPS) is 12.9. The van der Waals surface area contributed by atoms with Gasteiger partial charge in [0.15, 0.2) is 0 Å². The average Bonchev–Trinajstić information content (AvgIpc) is 3.10. The van der Waals surface area contributed by atoms with Crippen LogP contribution in [0.2, 0.25) is 0 Å². The van der Waals surface area contributed by atoms with Crippen molar-refractivity contribution in [2.75, 3.05) is 0 Å². The monoisotopic (exact) mass is 456 g/mol. The molecule has 0 aliphatic carbocycles. The molecular formula is C16H12N2O6S4. The van der Waals surface area contributed by atoms with Crippen molar-refractivity contribution in [2.24, 2.45) is 0 Å². The van der Waals surface area contributed by atoms with Gasteiger partial charge < -0.3 is 0 Å². The molecule has 0 spiro atoms.